The smallest absolute Gasteiger partial charge is 0.178 e. The fraction of sp³-hybridized carbons (Fsp3) is 0.250. The average Bonchev–Trinajstić information content (AvgIpc) is 2.81. The lowest BCUT2D eigenvalue weighted by Crippen LogP contribution is -2.28. The molecule has 6 heteroatoms. The molecule has 0 unspecified atom stereocenters. The summed E-state index contributed by atoms with van der Waals surface area (Å²) in [7, 11) is -3.26. The van der Waals surface area contributed by atoms with Crippen molar-refractivity contribution in [1.82, 2.24) is 0 Å². The highest BCUT2D eigenvalue weighted by molar-refractivity contribution is 7.85. The van der Waals surface area contributed by atoms with Crippen molar-refractivity contribution in [2.24, 2.45) is 0 Å². The van der Waals surface area contributed by atoms with E-state index in [1.807, 2.05) is 78.9 Å². The van der Waals surface area contributed by atoms with Gasteiger partial charge in [0.2, 0.25) is 0 Å². The van der Waals surface area contributed by atoms with E-state index >= 15 is 0 Å². The minimum Gasteiger partial charge on any atom is -0.490 e. The zero-order chi connectivity index (χ0) is 20.7. The predicted octanol–water partition coefficient (Wildman–Crippen LogP) is 3.13. The summed E-state index contributed by atoms with van der Waals surface area (Å²) < 4.78 is 38.1. The molecule has 1 heterocycles. The molecular formula is C24H25O5P. The van der Waals surface area contributed by atoms with Crippen LogP contribution < -0.4 is 25.4 Å². The lowest BCUT2D eigenvalue weighted by molar-refractivity contribution is 0.0276. The lowest BCUT2D eigenvalue weighted by atomic mass is 10.3. The summed E-state index contributed by atoms with van der Waals surface area (Å²) >= 11 is 0. The van der Waals surface area contributed by atoms with E-state index in [0.717, 1.165) is 5.30 Å². The number of ether oxygens (including phenoxy) is 4. The molecule has 0 spiro atoms. The van der Waals surface area contributed by atoms with Crippen molar-refractivity contribution < 1.29 is 23.5 Å². The van der Waals surface area contributed by atoms with E-state index in [1.165, 1.54) is 0 Å². The normalized spacial score (nSPS) is 17.2. The Labute approximate surface area is 176 Å². The second kappa shape index (κ2) is 9.94. The van der Waals surface area contributed by atoms with Crippen molar-refractivity contribution in [2.75, 3.05) is 39.6 Å². The van der Waals surface area contributed by atoms with Crippen molar-refractivity contribution in [3.05, 3.63) is 78.9 Å². The standard InChI is InChI=1S/C24H25O5P/c25-30(20-8-2-1-3-9-20)23-12-6-4-10-21(23)28-18-16-26-14-15-27-17-19-29-22-11-5-7-13-24(22)30/h1-13H,14-19H2. The second-order valence-corrected chi connectivity index (χ2v) is 9.50. The molecule has 0 atom stereocenters. The maximum Gasteiger partial charge on any atom is 0.178 e. The fourth-order valence-corrected chi connectivity index (χ4v) is 6.37. The van der Waals surface area contributed by atoms with Crippen molar-refractivity contribution in [3.63, 3.8) is 0 Å². The maximum atomic E-state index is 14.9. The average molecular weight is 424 g/mol. The molecule has 0 aliphatic carbocycles. The molecule has 3 aromatic carbocycles. The molecule has 4 rings (SSSR count). The highest BCUT2D eigenvalue weighted by Crippen LogP contribution is 2.47. The molecule has 5 nitrogen and oxygen atoms in total. The Morgan fingerprint density at radius 1 is 0.533 bits per heavy atom. The summed E-state index contributed by atoms with van der Waals surface area (Å²) in [5.41, 5.74) is 0. The summed E-state index contributed by atoms with van der Waals surface area (Å²) in [5, 5.41) is 2.03. The molecule has 0 bridgehead atoms. The van der Waals surface area contributed by atoms with Crippen molar-refractivity contribution in [1.29, 1.82) is 0 Å². The number of rotatable bonds is 1. The quantitative estimate of drug-likeness (QED) is 0.562. The Morgan fingerprint density at radius 3 is 1.50 bits per heavy atom. The van der Waals surface area contributed by atoms with E-state index in [-0.39, 0.29) is 0 Å². The van der Waals surface area contributed by atoms with Crippen molar-refractivity contribution in [3.8, 4) is 11.5 Å². The first-order valence-corrected chi connectivity index (χ1v) is 11.8. The summed E-state index contributed by atoms with van der Waals surface area (Å²) in [5.74, 6) is 1.18. The Morgan fingerprint density at radius 2 is 0.967 bits per heavy atom. The van der Waals surface area contributed by atoms with Crippen molar-refractivity contribution in [2.45, 2.75) is 0 Å². The van der Waals surface area contributed by atoms with Crippen LogP contribution in [0, 0.1) is 0 Å². The van der Waals surface area contributed by atoms with Gasteiger partial charge in [0.25, 0.3) is 0 Å². The summed E-state index contributed by atoms with van der Waals surface area (Å²) in [6.45, 7) is 2.57. The second-order valence-electron chi connectivity index (χ2n) is 6.80. The monoisotopic (exact) mass is 424 g/mol. The van der Waals surface area contributed by atoms with Gasteiger partial charge in [-0.15, -0.1) is 0 Å². The lowest BCUT2D eigenvalue weighted by Gasteiger charge is -2.24. The summed E-state index contributed by atoms with van der Waals surface area (Å²) in [4.78, 5) is 0. The third kappa shape index (κ3) is 4.44. The molecule has 1 aliphatic rings. The molecule has 0 aromatic heterocycles. The molecule has 0 saturated heterocycles. The van der Waals surface area contributed by atoms with Gasteiger partial charge in [-0.2, -0.15) is 0 Å². The number of para-hydroxylation sites is 2. The van der Waals surface area contributed by atoms with Crippen LogP contribution >= 0.6 is 7.14 Å². The SMILES string of the molecule is O=P1(c2ccccc2)c2ccccc2OCCOCCOCCOc2ccccc21. The first-order chi connectivity index (χ1) is 14.8. The van der Waals surface area contributed by atoms with Gasteiger partial charge >= 0.3 is 0 Å². The van der Waals surface area contributed by atoms with Gasteiger partial charge in [0.05, 0.1) is 37.0 Å². The highest BCUT2D eigenvalue weighted by atomic mass is 31.2. The molecule has 156 valence electrons. The molecular weight excluding hydrogens is 399 g/mol. The Balaban J connectivity index is 1.89. The van der Waals surface area contributed by atoms with E-state index in [9.17, 15) is 4.57 Å². The van der Waals surface area contributed by atoms with E-state index < -0.39 is 7.14 Å². The van der Waals surface area contributed by atoms with Crippen LogP contribution in [0.1, 0.15) is 0 Å². The Kier molecular flexibility index (Phi) is 6.85. The van der Waals surface area contributed by atoms with Gasteiger partial charge in [-0.25, -0.2) is 0 Å². The number of benzene rings is 3. The van der Waals surface area contributed by atoms with Gasteiger partial charge in [0.15, 0.2) is 7.14 Å². The van der Waals surface area contributed by atoms with Crippen LogP contribution in [0.2, 0.25) is 0 Å². The number of hydrogen-bond donors (Lipinski definition) is 0. The molecule has 0 amide bonds. The predicted molar refractivity (Wildman–Crippen MR) is 118 cm³/mol. The van der Waals surface area contributed by atoms with E-state index in [2.05, 4.69) is 0 Å². The van der Waals surface area contributed by atoms with Gasteiger partial charge in [0, 0.05) is 5.30 Å². The zero-order valence-electron chi connectivity index (χ0n) is 16.7. The minimum absolute atomic E-state index is 0.365. The Bertz CT molecular complexity index is 946. The van der Waals surface area contributed by atoms with E-state index in [1.54, 1.807) is 0 Å². The molecule has 3 aromatic rings. The first-order valence-electron chi connectivity index (χ1n) is 10.1. The highest BCUT2D eigenvalue weighted by Gasteiger charge is 2.35. The van der Waals surface area contributed by atoms with E-state index in [0.29, 0.717) is 61.7 Å². The van der Waals surface area contributed by atoms with Crippen LogP contribution in [0.3, 0.4) is 0 Å². The van der Waals surface area contributed by atoms with Crippen LogP contribution in [0.15, 0.2) is 78.9 Å². The van der Waals surface area contributed by atoms with Crippen LogP contribution in [-0.2, 0) is 14.0 Å². The summed E-state index contributed by atoms with van der Waals surface area (Å²) in [6.07, 6.45) is 0. The van der Waals surface area contributed by atoms with Gasteiger partial charge in [-0.05, 0) is 24.3 Å². The van der Waals surface area contributed by atoms with Crippen LogP contribution in [0.5, 0.6) is 11.5 Å². The fourth-order valence-electron chi connectivity index (χ4n) is 3.47. The largest absolute Gasteiger partial charge is 0.490 e. The van der Waals surface area contributed by atoms with Gasteiger partial charge in [-0.1, -0.05) is 54.6 Å². The van der Waals surface area contributed by atoms with Crippen LogP contribution in [-0.4, -0.2) is 39.6 Å². The zero-order valence-corrected chi connectivity index (χ0v) is 17.6. The maximum absolute atomic E-state index is 14.9. The third-order valence-electron chi connectivity index (χ3n) is 4.87. The minimum atomic E-state index is -3.26. The van der Waals surface area contributed by atoms with Gasteiger partial charge < -0.3 is 23.5 Å². The molecule has 0 fully saturated rings. The van der Waals surface area contributed by atoms with E-state index in [4.69, 9.17) is 18.9 Å². The summed E-state index contributed by atoms with van der Waals surface area (Å²) in [6, 6.07) is 24.5. The number of hydrogen-bond acceptors (Lipinski definition) is 5. The molecule has 1 aliphatic heterocycles. The molecule has 0 saturated carbocycles. The topological polar surface area (TPSA) is 54.0 Å². The van der Waals surface area contributed by atoms with Crippen LogP contribution in [0.4, 0.5) is 0 Å². The molecule has 0 N–H and O–H groups in total. The first kappa shape index (κ1) is 20.7. The molecule has 30 heavy (non-hydrogen) atoms. The van der Waals surface area contributed by atoms with Gasteiger partial charge in [0.1, 0.15) is 24.7 Å². The molecule has 0 radical (unpaired) electrons. The van der Waals surface area contributed by atoms with Gasteiger partial charge in [-0.3, -0.25) is 0 Å². The third-order valence-corrected chi connectivity index (χ3v) is 7.99. The van der Waals surface area contributed by atoms with Crippen LogP contribution in [0.25, 0.3) is 0 Å². The Hall–Kier alpha value is -2.59. The van der Waals surface area contributed by atoms with Crippen molar-refractivity contribution >= 4 is 23.1 Å². The number of fused-ring (bicyclic) bond motifs is 2.